The molecular formula is C37H39F3N6O3. The molecule has 2 aromatic carbocycles. The molecule has 256 valence electrons. The van der Waals surface area contributed by atoms with Gasteiger partial charge in [0.2, 0.25) is 5.91 Å². The van der Waals surface area contributed by atoms with Crippen molar-refractivity contribution in [2.75, 3.05) is 38.2 Å². The van der Waals surface area contributed by atoms with Crippen molar-refractivity contribution < 1.29 is 27.8 Å². The van der Waals surface area contributed by atoms with Crippen molar-refractivity contribution in [1.82, 2.24) is 25.2 Å². The summed E-state index contributed by atoms with van der Waals surface area (Å²) in [6.45, 7) is 8.27. The molecule has 12 heteroatoms. The molecule has 0 saturated carbocycles. The number of hydrogen-bond acceptors (Lipinski definition) is 8. The average molecular weight is 673 g/mol. The van der Waals surface area contributed by atoms with Gasteiger partial charge >= 0.3 is 6.01 Å². The second kappa shape index (κ2) is 13.6. The molecule has 2 aliphatic rings. The van der Waals surface area contributed by atoms with Gasteiger partial charge in [0.05, 0.1) is 22.6 Å². The number of carbonyl (C=O) groups excluding carboxylic acids is 1. The summed E-state index contributed by atoms with van der Waals surface area (Å²) in [5.41, 5.74) is -0.285. The number of nitrogens with one attached hydrogen (secondary N) is 1. The maximum atomic E-state index is 17.0. The SMILES string of the molecule is C#Cc1c(F)ccc2cc([C@H](C)O)cc(-c3ncc4c(N5CCCCC(NC(=O)C=C)C5)nc(OC[C@]5(C)C[C@@H](F)CN5C)nc4c3F)c12. The summed E-state index contributed by atoms with van der Waals surface area (Å²) >= 11 is 0. The highest BCUT2D eigenvalue weighted by Gasteiger charge is 2.41. The second-order valence-corrected chi connectivity index (χ2v) is 13.2. The molecule has 2 aliphatic heterocycles. The first kappa shape index (κ1) is 34.1. The molecule has 2 N–H and O–H groups in total. The molecule has 1 unspecified atom stereocenters. The Balaban J connectivity index is 1.53. The molecule has 2 saturated heterocycles. The Labute approximate surface area is 283 Å². The van der Waals surface area contributed by atoms with Gasteiger partial charge in [0.15, 0.2) is 5.82 Å². The average Bonchev–Trinajstić information content (AvgIpc) is 3.20. The van der Waals surface area contributed by atoms with Crippen LogP contribution in [0.3, 0.4) is 0 Å². The van der Waals surface area contributed by atoms with Crippen molar-refractivity contribution in [1.29, 1.82) is 0 Å². The van der Waals surface area contributed by atoms with Gasteiger partial charge in [-0.3, -0.25) is 14.7 Å². The van der Waals surface area contributed by atoms with E-state index in [1.165, 1.54) is 24.4 Å². The molecule has 2 fully saturated rings. The molecule has 6 rings (SSSR count). The Hall–Kier alpha value is -4.73. The highest BCUT2D eigenvalue weighted by atomic mass is 19.1. The van der Waals surface area contributed by atoms with E-state index in [4.69, 9.17) is 16.1 Å². The van der Waals surface area contributed by atoms with Gasteiger partial charge in [0.1, 0.15) is 35.6 Å². The van der Waals surface area contributed by atoms with E-state index >= 15 is 4.39 Å². The Morgan fingerprint density at radius 1 is 1.29 bits per heavy atom. The number of nitrogens with zero attached hydrogens (tertiary/aromatic N) is 5. The molecule has 49 heavy (non-hydrogen) atoms. The summed E-state index contributed by atoms with van der Waals surface area (Å²) in [6.07, 6.45) is 9.10. The number of likely N-dealkylation sites (tertiary alicyclic amines) is 1. The number of hydrogen-bond donors (Lipinski definition) is 2. The first-order chi connectivity index (χ1) is 23.4. The van der Waals surface area contributed by atoms with Gasteiger partial charge in [-0.2, -0.15) is 9.97 Å². The van der Waals surface area contributed by atoms with Gasteiger partial charge in [-0.05, 0) is 75.4 Å². The van der Waals surface area contributed by atoms with Crippen LogP contribution in [0.5, 0.6) is 6.01 Å². The van der Waals surface area contributed by atoms with Crippen LogP contribution in [0.25, 0.3) is 32.9 Å². The number of ether oxygens (including phenoxy) is 1. The predicted molar refractivity (Wildman–Crippen MR) is 183 cm³/mol. The highest BCUT2D eigenvalue weighted by molar-refractivity contribution is 6.02. The van der Waals surface area contributed by atoms with Crippen molar-refractivity contribution in [3.05, 3.63) is 65.9 Å². The Kier molecular flexibility index (Phi) is 9.51. The number of aromatic nitrogens is 3. The molecule has 1 amide bonds. The monoisotopic (exact) mass is 672 g/mol. The number of alkyl halides is 1. The van der Waals surface area contributed by atoms with Crippen LogP contribution in [0.1, 0.15) is 56.8 Å². The molecule has 0 spiro atoms. The summed E-state index contributed by atoms with van der Waals surface area (Å²) in [7, 11) is 1.82. The summed E-state index contributed by atoms with van der Waals surface area (Å²) in [6, 6.07) is 5.66. The summed E-state index contributed by atoms with van der Waals surface area (Å²) in [4.78, 5) is 29.8. The van der Waals surface area contributed by atoms with E-state index in [0.29, 0.717) is 35.2 Å². The summed E-state index contributed by atoms with van der Waals surface area (Å²) in [5, 5.41) is 14.5. The smallest absolute Gasteiger partial charge is 0.319 e. The molecule has 0 bridgehead atoms. The number of amides is 1. The number of rotatable bonds is 8. The van der Waals surface area contributed by atoms with Crippen LogP contribution < -0.4 is 15.0 Å². The first-order valence-corrected chi connectivity index (χ1v) is 16.4. The largest absolute Gasteiger partial charge is 0.461 e. The zero-order valence-corrected chi connectivity index (χ0v) is 27.8. The van der Waals surface area contributed by atoms with E-state index in [9.17, 15) is 18.7 Å². The van der Waals surface area contributed by atoms with Crippen LogP contribution in [0.2, 0.25) is 0 Å². The lowest BCUT2D eigenvalue weighted by atomic mass is 9.92. The lowest BCUT2D eigenvalue weighted by Gasteiger charge is -2.31. The van der Waals surface area contributed by atoms with E-state index in [1.54, 1.807) is 19.1 Å². The molecule has 4 aromatic rings. The fourth-order valence-electron chi connectivity index (χ4n) is 6.86. The van der Waals surface area contributed by atoms with E-state index in [-0.39, 0.29) is 65.3 Å². The van der Waals surface area contributed by atoms with Crippen LogP contribution in [-0.4, -0.2) is 81.9 Å². The zero-order chi connectivity index (χ0) is 35.0. The van der Waals surface area contributed by atoms with E-state index in [1.807, 2.05) is 23.8 Å². The minimum atomic E-state index is -1.01. The summed E-state index contributed by atoms with van der Waals surface area (Å²) < 4.78 is 52.5. The minimum Gasteiger partial charge on any atom is -0.461 e. The van der Waals surface area contributed by atoms with Gasteiger partial charge in [0, 0.05) is 49.2 Å². The number of aliphatic hydroxyl groups is 1. The maximum Gasteiger partial charge on any atom is 0.319 e. The predicted octanol–water partition coefficient (Wildman–Crippen LogP) is 5.63. The third-order valence-electron chi connectivity index (χ3n) is 9.68. The van der Waals surface area contributed by atoms with Crippen molar-refractivity contribution >= 4 is 33.4 Å². The van der Waals surface area contributed by atoms with Crippen molar-refractivity contribution in [3.63, 3.8) is 0 Å². The molecule has 9 nitrogen and oxygen atoms in total. The van der Waals surface area contributed by atoms with Gasteiger partial charge in [-0.25, -0.2) is 13.2 Å². The molecular weight excluding hydrogens is 633 g/mol. The molecule has 4 atom stereocenters. The number of carbonyl (C=O) groups is 1. The second-order valence-electron chi connectivity index (χ2n) is 13.2. The van der Waals surface area contributed by atoms with Crippen LogP contribution in [0.15, 0.2) is 43.1 Å². The quantitative estimate of drug-likeness (QED) is 0.184. The van der Waals surface area contributed by atoms with Gasteiger partial charge < -0.3 is 20.1 Å². The number of pyridine rings is 1. The highest BCUT2D eigenvalue weighted by Crippen LogP contribution is 2.39. The lowest BCUT2D eigenvalue weighted by molar-refractivity contribution is -0.117. The Morgan fingerprint density at radius 2 is 2.08 bits per heavy atom. The number of aliphatic hydroxyl groups excluding tert-OH is 1. The fourth-order valence-corrected chi connectivity index (χ4v) is 6.86. The minimum absolute atomic E-state index is 0.0539. The Morgan fingerprint density at radius 3 is 2.78 bits per heavy atom. The topological polar surface area (TPSA) is 104 Å². The van der Waals surface area contributed by atoms with Gasteiger partial charge in [-0.1, -0.05) is 18.6 Å². The first-order valence-electron chi connectivity index (χ1n) is 16.4. The number of anilines is 1. The van der Waals surface area contributed by atoms with Crippen LogP contribution in [0.4, 0.5) is 19.0 Å². The zero-order valence-electron chi connectivity index (χ0n) is 27.8. The normalized spacial score (nSPS) is 22.1. The van der Waals surface area contributed by atoms with Crippen LogP contribution >= 0.6 is 0 Å². The van der Waals surface area contributed by atoms with E-state index < -0.39 is 29.4 Å². The molecule has 0 aliphatic carbocycles. The third kappa shape index (κ3) is 6.65. The van der Waals surface area contributed by atoms with Crippen molar-refractivity contribution in [2.45, 2.75) is 63.4 Å². The van der Waals surface area contributed by atoms with E-state index in [2.05, 4.69) is 27.8 Å². The van der Waals surface area contributed by atoms with Crippen molar-refractivity contribution in [3.8, 4) is 29.6 Å². The molecule has 2 aromatic heterocycles. The standard InChI is InChI=1S/C37H39F3N6O3/c1-6-26-29(39)12-11-22-14-23(21(3)47)15-27(31(22)26)33-32(40)34-28(17-41-33)35(46-13-9-8-10-25(19-46)42-30(48)7-2)44-36(43-34)49-20-37(4)16-24(38)18-45(37)5/h1,7,11-12,14-15,17,21,24-25,47H,2,8-10,13,16,18-20H2,3-5H3,(H,42,48)/t21-,24+,25?,37-/m0/s1. The number of fused-ring (bicyclic) bond motifs is 2. The third-order valence-corrected chi connectivity index (χ3v) is 9.68. The maximum absolute atomic E-state index is 17.0. The van der Waals surface area contributed by atoms with Gasteiger partial charge in [-0.15, -0.1) is 6.42 Å². The molecule has 0 radical (unpaired) electrons. The van der Waals surface area contributed by atoms with E-state index in [0.717, 1.165) is 19.3 Å². The van der Waals surface area contributed by atoms with Crippen molar-refractivity contribution in [2.24, 2.45) is 0 Å². The van der Waals surface area contributed by atoms with Crippen LogP contribution in [-0.2, 0) is 4.79 Å². The Bertz CT molecular complexity index is 1980. The number of benzene rings is 2. The van der Waals surface area contributed by atoms with Crippen LogP contribution in [0, 0.1) is 24.0 Å². The number of likely N-dealkylation sites (N-methyl/N-ethyl adjacent to an activating group) is 1. The lowest BCUT2D eigenvalue weighted by Crippen LogP contribution is -2.43. The molecule has 4 heterocycles. The number of terminal acetylenes is 1. The fraction of sp³-hybridized carbons (Fsp3) is 0.405. The number of halogens is 3. The summed E-state index contributed by atoms with van der Waals surface area (Å²) in [5.74, 6) is 0.990. The van der Waals surface area contributed by atoms with Gasteiger partial charge in [0.25, 0.3) is 0 Å².